The van der Waals surface area contributed by atoms with Crippen molar-refractivity contribution in [3.8, 4) is 5.75 Å². The van der Waals surface area contributed by atoms with E-state index >= 15 is 0 Å². The predicted molar refractivity (Wildman–Crippen MR) is 74.1 cm³/mol. The molecule has 1 amide bonds. The van der Waals surface area contributed by atoms with Gasteiger partial charge < -0.3 is 15.7 Å². The molecular formula is C15H20N2O2. The van der Waals surface area contributed by atoms with Crippen molar-refractivity contribution in [2.45, 2.75) is 26.2 Å². The molecule has 1 saturated heterocycles. The molecule has 3 rings (SSSR count). The van der Waals surface area contributed by atoms with E-state index in [4.69, 9.17) is 0 Å². The van der Waals surface area contributed by atoms with Crippen LogP contribution >= 0.6 is 0 Å². The van der Waals surface area contributed by atoms with E-state index in [1.165, 1.54) is 0 Å². The molecule has 2 fully saturated rings. The Labute approximate surface area is 113 Å². The Bertz CT molecular complexity index is 507. The second-order valence-electron chi connectivity index (χ2n) is 5.86. The van der Waals surface area contributed by atoms with Gasteiger partial charge in [0.15, 0.2) is 0 Å². The van der Waals surface area contributed by atoms with Gasteiger partial charge in [0.05, 0.1) is 0 Å². The van der Waals surface area contributed by atoms with Crippen LogP contribution in [0.2, 0.25) is 0 Å². The summed E-state index contributed by atoms with van der Waals surface area (Å²) in [4.78, 5) is 12.3. The van der Waals surface area contributed by atoms with Gasteiger partial charge in [0.1, 0.15) is 5.75 Å². The Balaban J connectivity index is 1.66. The molecule has 1 unspecified atom stereocenters. The summed E-state index contributed by atoms with van der Waals surface area (Å²) in [6.07, 6.45) is 3.25. The number of anilines is 1. The highest BCUT2D eigenvalue weighted by Crippen LogP contribution is 2.58. The fourth-order valence-corrected chi connectivity index (χ4v) is 3.20. The first-order valence-electron chi connectivity index (χ1n) is 6.92. The monoisotopic (exact) mass is 260 g/mol. The van der Waals surface area contributed by atoms with E-state index in [-0.39, 0.29) is 23.0 Å². The number of hydrogen-bond acceptors (Lipinski definition) is 3. The van der Waals surface area contributed by atoms with E-state index in [9.17, 15) is 9.90 Å². The maximum atomic E-state index is 12.3. The van der Waals surface area contributed by atoms with Crippen LogP contribution in [0.4, 0.5) is 5.69 Å². The van der Waals surface area contributed by atoms with Gasteiger partial charge >= 0.3 is 0 Å². The molecule has 3 N–H and O–H groups in total. The van der Waals surface area contributed by atoms with Crippen molar-refractivity contribution in [2.24, 2.45) is 11.3 Å². The molecule has 1 saturated carbocycles. The van der Waals surface area contributed by atoms with Gasteiger partial charge in [-0.05, 0) is 68.5 Å². The van der Waals surface area contributed by atoms with Gasteiger partial charge in [-0.25, -0.2) is 0 Å². The minimum atomic E-state index is 0.135. The van der Waals surface area contributed by atoms with E-state index in [1.807, 2.05) is 6.92 Å². The summed E-state index contributed by atoms with van der Waals surface area (Å²) in [6, 6.07) is 5.04. The summed E-state index contributed by atoms with van der Waals surface area (Å²) < 4.78 is 0. The first-order valence-corrected chi connectivity index (χ1v) is 6.92. The van der Waals surface area contributed by atoms with Crippen LogP contribution in [0.3, 0.4) is 0 Å². The quantitative estimate of drug-likeness (QED) is 0.713. The summed E-state index contributed by atoms with van der Waals surface area (Å²) in [5.74, 6) is 0.537. The van der Waals surface area contributed by atoms with E-state index in [2.05, 4.69) is 10.6 Å². The molecule has 0 bridgehead atoms. The number of carbonyl (C=O) groups is 1. The average Bonchev–Trinajstić information content (AvgIpc) is 3.07. The Kier molecular flexibility index (Phi) is 2.97. The van der Waals surface area contributed by atoms with Crippen LogP contribution in [0, 0.1) is 18.3 Å². The van der Waals surface area contributed by atoms with Gasteiger partial charge in [0.25, 0.3) is 0 Å². The zero-order valence-corrected chi connectivity index (χ0v) is 11.2. The summed E-state index contributed by atoms with van der Waals surface area (Å²) in [5, 5.41) is 15.7. The molecule has 1 heterocycles. The average molecular weight is 260 g/mol. The molecule has 1 aromatic rings. The third-order valence-corrected chi connectivity index (χ3v) is 4.57. The van der Waals surface area contributed by atoms with E-state index in [1.54, 1.807) is 18.2 Å². The summed E-state index contributed by atoms with van der Waals surface area (Å²) in [5.41, 5.74) is 1.97. The number of nitrogens with one attached hydrogen (secondary N) is 2. The molecule has 0 aromatic heterocycles. The number of carbonyl (C=O) groups excluding carboxylic acids is 1. The number of aryl methyl sites for hydroxylation is 1. The van der Waals surface area contributed by atoms with Crippen LogP contribution in [-0.4, -0.2) is 24.1 Å². The van der Waals surface area contributed by atoms with Gasteiger partial charge in [-0.3, -0.25) is 4.79 Å². The Morgan fingerprint density at radius 3 is 2.84 bits per heavy atom. The van der Waals surface area contributed by atoms with Crippen molar-refractivity contribution < 1.29 is 9.90 Å². The molecule has 1 atom stereocenters. The molecule has 4 nitrogen and oxygen atoms in total. The fourth-order valence-electron chi connectivity index (χ4n) is 3.20. The SMILES string of the molecule is Cc1cc(O)ccc1NC(=O)C1CC12CCNCC2. The van der Waals surface area contributed by atoms with Gasteiger partial charge in [0.2, 0.25) is 5.91 Å². The van der Waals surface area contributed by atoms with Crippen LogP contribution in [0.25, 0.3) is 0 Å². The molecule has 1 aliphatic heterocycles. The van der Waals surface area contributed by atoms with Crippen molar-refractivity contribution in [2.75, 3.05) is 18.4 Å². The number of aromatic hydroxyl groups is 1. The lowest BCUT2D eigenvalue weighted by Crippen LogP contribution is -2.31. The summed E-state index contributed by atoms with van der Waals surface area (Å²) >= 11 is 0. The lowest BCUT2D eigenvalue weighted by molar-refractivity contribution is -0.118. The first kappa shape index (κ1) is 12.5. The number of rotatable bonds is 2. The second kappa shape index (κ2) is 4.53. The Morgan fingerprint density at radius 2 is 2.16 bits per heavy atom. The topological polar surface area (TPSA) is 61.4 Å². The zero-order chi connectivity index (χ0) is 13.5. The van der Waals surface area contributed by atoms with Crippen molar-refractivity contribution in [1.82, 2.24) is 5.32 Å². The van der Waals surface area contributed by atoms with Gasteiger partial charge in [-0.1, -0.05) is 0 Å². The lowest BCUT2D eigenvalue weighted by Gasteiger charge is -2.23. The van der Waals surface area contributed by atoms with Crippen LogP contribution in [0.5, 0.6) is 5.75 Å². The number of piperidine rings is 1. The van der Waals surface area contributed by atoms with E-state index in [0.717, 1.165) is 43.6 Å². The van der Waals surface area contributed by atoms with Crippen LogP contribution in [-0.2, 0) is 4.79 Å². The standard InChI is InChI=1S/C15H20N2O2/c1-10-8-11(18)2-3-13(10)17-14(19)12-9-15(12)4-6-16-7-5-15/h2-3,8,12,16,18H,4-7,9H2,1H3,(H,17,19). The van der Waals surface area contributed by atoms with E-state index < -0.39 is 0 Å². The molecular weight excluding hydrogens is 240 g/mol. The highest BCUT2D eigenvalue weighted by molar-refractivity contribution is 5.95. The molecule has 1 aliphatic carbocycles. The number of phenols is 1. The molecule has 0 radical (unpaired) electrons. The Hall–Kier alpha value is -1.55. The van der Waals surface area contributed by atoms with Crippen molar-refractivity contribution in [3.63, 3.8) is 0 Å². The third kappa shape index (κ3) is 2.32. The number of phenolic OH excluding ortho intramolecular Hbond substituents is 1. The molecule has 19 heavy (non-hydrogen) atoms. The molecule has 4 heteroatoms. The van der Waals surface area contributed by atoms with Crippen molar-refractivity contribution in [3.05, 3.63) is 23.8 Å². The second-order valence-corrected chi connectivity index (χ2v) is 5.86. The normalized spacial score (nSPS) is 24.2. The highest BCUT2D eigenvalue weighted by atomic mass is 16.3. The first-order chi connectivity index (χ1) is 9.11. The molecule has 2 aliphatic rings. The predicted octanol–water partition coefficient (Wildman–Crippen LogP) is 2.03. The van der Waals surface area contributed by atoms with Crippen LogP contribution < -0.4 is 10.6 Å². The molecule has 1 aromatic carbocycles. The van der Waals surface area contributed by atoms with Crippen LogP contribution in [0.15, 0.2) is 18.2 Å². The van der Waals surface area contributed by atoms with Crippen molar-refractivity contribution >= 4 is 11.6 Å². The lowest BCUT2D eigenvalue weighted by atomic mass is 9.91. The molecule has 102 valence electrons. The minimum Gasteiger partial charge on any atom is -0.508 e. The minimum absolute atomic E-state index is 0.135. The molecule has 1 spiro atoms. The number of hydrogen-bond donors (Lipinski definition) is 3. The Morgan fingerprint density at radius 1 is 1.42 bits per heavy atom. The van der Waals surface area contributed by atoms with Gasteiger partial charge in [0, 0.05) is 11.6 Å². The van der Waals surface area contributed by atoms with E-state index in [0.29, 0.717) is 0 Å². The smallest absolute Gasteiger partial charge is 0.228 e. The zero-order valence-electron chi connectivity index (χ0n) is 11.2. The third-order valence-electron chi connectivity index (χ3n) is 4.57. The maximum Gasteiger partial charge on any atom is 0.228 e. The summed E-state index contributed by atoms with van der Waals surface area (Å²) in [6.45, 7) is 3.95. The van der Waals surface area contributed by atoms with Crippen molar-refractivity contribution in [1.29, 1.82) is 0 Å². The number of amides is 1. The number of benzene rings is 1. The maximum absolute atomic E-state index is 12.3. The van der Waals surface area contributed by atoms with Gasteiger partial charge in [-0.2, -0.15) is 0 Å². The highest BCUT2D eigenvalue weighted by Gasteiger charge is 2.57. The fraction of sp³-hybridized carbons (Fsp3) is 0.533. The largest absolute Gasteiger partial charge is 0.508 e. The summed E-state index contributed by atoms with van der Waals surface area (Å²) in [7, 11) is 0. The van der Waals surface area contributed by atoms with Gasteiger partial charge in [-0.15, -0.1) is 0 Å². The van der Waals surface area contributed by atoms with Crippen LogP contribution in [0.1, 0.15) is 24.8 Å².